The number of nitrogens with zero attached hydrogens (tertiary/aromatic N) is 3. The first-order valence-electron chi connectivity index (χ1n) is 7.83. The summed E-state index contributed by atoms with van der Waals surface area (Å²) < 4.78 is 7.56. The average Bonchev–Trinajstić information content (AvgIpc) is 3.05. The molecule has 2 aromatic rings. The number of benzene rings is 1. The van der Waals surface area contributed by atoms with Crippen LogP contribution in [0.1, 0.15) is 10.4 Å². The Kier molecular flexibility index (Phi) is 3.55. The Hall–Kier alpha value is -3.95. The molecular formula is C17H13N5O5. The predicted molar refractivity (Wildman–Crippen MR) is 95.5 cm³/mol. The number of carbonyl (C=O) groups excluding carboxylic acids is 1. The van der Waals surface area contributed by atoms with Crippen molar-refractivity contribution in [3.63, 3.8) is 0 Å². The van der Waals surface area contributed by atoms with Crippen LogP contribution < -0.4 is 16.7 Å². The summed E-state index contributed by atoms with van der Waals surface area (Å²) in [6, 6.07) is 4.98. The van der Waals surface area contributed by atoms with Crippen molar-refractivity contribution in [3.05, 3.63) is 67.2 Å². The number of nitrogens with one attached hydrogen (secondary N) is 2. The van der Waals surface area contributed by atoms with E-state index in [0.717, 1.165) is 0 Å². The second-order valence-corrected chi connectivity index (χ2v) is 5.91. The minimum absolute atomic E-state index is 0.113. The zero-order valence-electron chi connectivity index (χ0n) is 14.3. The summed E-state index contributed by atoms with van der Waals surface area (Å²) in [6.45, 7) is 0. The molecule has 4 rings (SSSR count). The first-order valence-corrected chi connectivity index (χ1v) is 7.83. The van der Waals surface area contributed by atoms with Crippen molar-refractivity contribution in [2.24, 2.45) is 7.05 Å². The summed E-state index contributed by atoms with van der Waals surface area (Å²) >= 11 is 0. The fraction of sp³-hybridized carbons (Fsp3) is 0.118. The molecule has 3 heterocycles. The van der Waals surface area contributed by atoms with E-state index < -0.39 is 22.6 Å². The first kappa shape index (κ1) is 16.5. The summed E-state index contributed by atoms with van der Waals surface area (Å²) in [7, 11) is 2.74. The number of carbonyl (C=O) groups is 1. The second kappa shape index (κ2) is 5.80. The molecule has 0 saturated heterocycles. The van der Waals surface area contributed by atoms with Gasteiger partial charge in [-0.1, -0.05) is 0 Å². The van der Waals surface area contributed by atoms with Crippen molar-refractivity contribution < 1.29 is 9.53 Å². The highest BCUT2D eigenvalue weighted by Gasteiger charge is 2.22. The maximum Gasteiger partial charge on any atom is 0.341 e. The van der Waals surface area contributed by atoms with Gasteiger partial charge < -0.3 is 18.9 Å². The van der Waals surface area contributed by atoms with Crippen LogP contribution in [0.4, 0.5) is 0 Å². The van der Waals surface area contributed by atoms with Gasteiger partial charge in [0.05, 0.1) is 23.7 Å². The smallest absolute Gasteiger partial charge is 0.341 e. The monoisotopic (exact) mass is 367 g/mol. The number of hydrogen-bond donors (Lipinski definition) is 2. The molecule has 2 aliphatic rings. The van der Waals surface area contributed by atoms with Gasteiger partial charge in [0.1, 0.15) is 11.3 Å². The Morgan fingerprint density at radius 3 is 2.67 bits per heavy atom. The highest BCUT2D eigenvalue weighted by Crippen LogP contribution is 2.24. The van der Waals surface area contributed by atoms with Crippen LogP contribution in [0, 0.1) is 0 Å². The number of aromatic amines is 2. The molecule has 2 aliphatic heterocycles. The number of ether oxygens (including phenoxy) is 1. The van der Waals surface area contributed by atoms with E-state index in [4.69, 9.17) is 4.74 Å². The molecular weight excluding hydrogens is 354 g/mol. The number of hydrogen-bond acceptors (Lipinski definition) is 6. The van der Waals surface area contributed by atoms with E-state index >= 15 is 0 Å². The van der Waals surface area contributed by atoms with Crippen LogP contribution in [0.2, 0.25) is 0 Å². The summed E-state index contributed by atoms with van der Waals surface area (Å²) in [5.41, 5.74) is 0.216. The van der Waals surface area contributed by atoms with Crippen LogP contribution in [0.3, 0.4) is 0 Å². The van der Waals surface area contributed by atoms with Crippen molar-refractivity contribution in [3.8, 4) is 16.9 Å². The van der Waals surface area contributed by atoms with Gasteiger partial charge in [0, 0.05) is 25.1 Å². The molecule has 10 nitrogen and oxygen atoms in total. The minimum Gasteiger partial charge on any atom is -0.465 e. The van der Waals surface area contributed by atoms with Crippen LogP contribution in [0.15, 0.2) is 45.0 Å². The van der Waals surface area contributed by atoms with E-state index in [1.807, 2.05) is 0 Å². The van der Waals surface area contributed by atoms with Crippen molar-refractivity contribution >= 4 is 17.0 Å². The van der Waals surface area contributed by atoms with Crippen molar-refractivity contribution in [2.45, 2.75) is 0 Å². The van der Waals surface area contributed by atoms with E-state index in [2.05, 4.69) is 15.2 Å². The summed E-state index contributed by atoms with van der Waals surface area (Å²) in [6.07, 6.45) is 3.00. The summed E-state index contributed by atoms with van der Waals surface area (Å²) in [5, 5.41) is 6.18. The standard InChI is InChI=1S/C17H13N5O5/c1-21-12-4-3-8(5-11(12)18-15(24)16(21)25)22-6-9-13(19-20-14(9)23)10(7-22)17(26)27-2/h3-7H,1-2H3,(H,18,24)(H,20,23). The molecule has 0 atom stereocenters. The highest BCUT2D eigenvalue weighted by molar-refractivity contribution is 5.96. The summed E-state index contributed by atoms with van der Waals surface area (Å²) in [5.74, 6) is -0.641. The molecule has 1 aromatic heterocycles. The predicted octanol–water partition coefficient (Wildman–Crippen LogP) is -0.00780. The Morgan fingerprint density at radius 2 is 1.93 bits per heavy atom. The van der Waals surface area contributed by atoms with Crippen molar-refractivity contribution in [1.29, 1.82) is 0 Å². The van der Waals surface area contributed by atoms with Gasteiger partial charge >= 0.3 is 17.1 Å². The van der Waals surface area contributed by atoms with E-state index in [1.165, 1.54) is 31.1 Å². The summed E-state index contributed by atoms with van der Waals surface area (Å²) in [4.78, 5) is 50.1. The van der Waals surface area contributed by atoms with Gasteiger partial charge in [-0.2, -0.15) is 5.10 Å². The van der Waals surface area contributed by atoms with Crippen LogP contribution in [0.25, 0.3) is 28.0 Å². The Labute approximate surface area is 150 Å². The third kappa shape index (κ3) is 2.46. The second-order valence-electron chi connectivity index (χ2n) is 5.91. The van der Waals surface area contributed by atoms with Crippen LogP contribution in [0.5, 0.6) is 0 Å². The molecule has 136 valence electrons. The molecule has 0 aliphatic carbocycles. The number of esters is 1. The Bertz CT molecular complexity index is 1360. The lowest BCUT2D eigenvalue weighted by Gasteiger charge is -2.13. The van der Waals surface area contributed by atoms with Gasteiger partial charge in [-0.05, 0) is 18.2 Å². The first-order chi connectivity index (χ1) is 12.9. The molecule has 0 saturated carbocycles. The van der Waals surface area contributed by atoms with E-state index in [0.29, 0.717) is 16.7 Å². The molecule has 10 heteroatoms. The number of aryl methyl sites for hydroxylation is 1. The zero-order valence-corrected chi connectivity index (χ0v) is 14.3. The third-order valence-electron chi connectivity index (χ3n) is 4.35. The largest absolute Gasteiger partial charge is 0.465 e. The average molecular weight is 367 g/mol. The fourth-order valence-corrected chi connectivity index (χ4v) is 2.96. The lowest BCUT2D eigenvalue weighted by molar-refractivity contribution is 0.0600. The van der Waals surface area contributed by atoms with Gasteiger partial charge in [-0.3, -0.25) is 14.4 Å². The lowest BCUT2D eigenvalue weighted by atomic mass is 10.1. The maximum atomic E-state index is 12.1. The van der Waals surface area contributed by atoms with Crippen molar-refractivity contribution in [2.75, 3.05) is 7.11 Å². The maximum absolute atomic E-state index is 12.1. The molecule has 0 amide bonds. The van der Waals surface area contributed by atoms with Gasteiger partial charge in [-0.25, -0.2) is 9.89 Å². The number of aromatic nitrogens is 5. The number of fused-ring (bicyclic) bond motifs is 2. The van der Waals surface area contributed by atoms with Crippen LogP contribution in [-0.4, -0.2) is 37.4 Å². The topological polar surface area (TPSA) is 132 Å². The molecule has 0 bridgehead atoms. The van der Waals surface area contributed by atoms with Crippen LogP contribution >= 0.6 is 0 Å². The molecule has 1 aromatic carbocycles. The molecule has 0 unspecified atom stereocenters. The van der Waals surface area contributed by atoms with E-state index in [1.54, 1.807) is 22.8 Å². The van der Waals surface area contributed by atoms with Crippen molar-refractivity contribution in [1.82, 2.24) is 24.3 Å². The molecule has 0 fully saturated rings. The van der Waals surface area contributed by atoms with E-state index in [-0.39, 0.29) is 16.8 Å². The Morgan fingerprint density at radius 1 is 1.15 bits per heavy atom. The number of H-pyrrole nitrogens is 2. The molecule has 2 N–H and O–H groups in total. The van der Waals surface area contributed by atoms with Crippen LogP contribution in [-0.2, 0) is 11.8 Å². The molecule has 0 spiro atoms. The molecule has 27 heavy (non-hydrogen) atoms. The van der Waals surface area contributed by atoms with Gasteiger partial charge in [-0.15, -0.1) is 0 Å². The Balaban J connectivity index is 2.01. The quantitative estimate of drug-likeness (QED) is 0.378. The highest BCUT2D eigenvalue weighted by atomic mass is 16.5. The van der Waals surface area contributed by atoms with Gasteiger partial charge in [0.15, 0.2) is 0 Å². The van der Waals surface area contributed by atoms with Gasteiger partial charge in [0.2, 0.25) is 0 Å². The number of pyridine rings is 1. The lowest BCUT2D eigenvalue weighted by Crippen LogP contribution is -2.34. The normalized spacial score (nSPS) is 11.2. The SMILES string of the molecule is COC(=O)c1cn(-c2ccc3c(c2)[nH]c(=O)c(=O)n3C)cc2c(=O)[nH]nc1-2. The van der Waals surface area contributed by atoms with E-state index in [9.17, 15) is 19.2 Å². The number of rotatable bonds is 2. The molecule has 0 radical (unpaired) electrons. The zero-order chi connectivity index (χ0) is 19.3. The minimum atomic E-state index is -0.741. The van der Waals surface area contributed by atoms with Gasteiger partial charge in [0.25, 0.3) is 5.56 Å². The fourth-order valence-electron chi connectivity index (χ4n) is 2.96. The number of methoxy groups -OCH3 is 1. The third-order valence-corrected chi connectivity index (χ3v) is 4.35.